The standard InChI is InChI=1S/C22H20FNO6S/c1-13-12-20(25)30-21-14(2)19(10-9-17(13)21)29-22(26)18-4-3-11-24(18)31(27,28)16-7-5-15(23)6-8-16/h5-10,12,18H,3-4,11H2,1-2H3. The van der Waals surface area contributed by atoms with E-state index in [1.165, 1.54) is 18.2 Å². The van der Waals surface area contributed by atoms with Crippen LogP contribution in [0.3, 0.4) is 0 Å². The number of benzene rings is 2. The first kappa shape index (κ1) is 21.2. The molecule has 31 heavy (non-hydrogen) atoms. The summed E-state index contributed by atoms with van der Waals surface area (Å²) in [6.07, 6.45) is 0.797. The van der Waals surface area contributed by atoms with Gasteiger partial charge in [0.15, 0.2) is 0 Å². The lowest BCUT2D eigenvalue weighted by molar-refractivity contribution is -0.138. The molecule has 0 saturated carbocycles. The van der Waals surface area contributed by atoms with Gasteiger partial charge < -0.3 is 9.15 Å². The smallest absolute Gasteiger partial charge is 0.336 e. The number of hydrogen-bond acceptors (Lipinski definition) is 6. The van der Waals surface area contributed by atoms with E-state index in [-0.39, 0.29) is 17.2 Å². The van der Waals surface area contributed by atoms with Crippen molar-refractivity contribution in [3.05, 3.63) is 69.8 Å². The van der Waals surface area contributed by atoms with Gasteiger partial charge in [0.2, 0.25) is 10.0 Å². The van der Waals surface area contributed by atoms with Gasteiger partial charge in [0, 0.05) is 23.6 Å². The topological polar surface area (TPSA) is 93.9 Å². The van der Waals surface area contributed by atoms with Crippen LogP contribution in [-0.4, -0.2) is 31.3 Å². The van der Waals surface area contributed by atoms with Crippen LogP contribution in [0.5, 0.6) is 5.75 Å². The van der Waals surface area contributed by atoms with Gasteiger partial charge in [0.05, 0.1) is 4.90 Å². The predicted octanol–water partition coefficient (Wildman–Crippen LogP) is 3.31. The lowest BCUT2D eigenvalue weighted by Crippen LogP contribution is -2.42. The molecule has 1 fully saturated rings. The van der Waals surface area contributed by atoms with Crippen molar-refractivity contribution < 1.29 is 26.8 Å². The Morgan fingerprint density at radius 1 is 1.16 bits per heavy atom. The van der Waals surface area contributed by atoms with Gasteiger partial charge >= 0.3 is 11.6 Å². The quantitative estimate of drug-likeness (QED) is 0.348. The Morgan fingerprint density at radius 2 is 1.87 bits per heavy atom. The molecular formula is C22H20FNO6S. The lowest BCUT2D eigenvalue weighted by Gasteiger charge is -2.23. The van der Waals surface area contributed by atoms with Crippen LogP contribution in [0.25, 0.3) is 11.0 Å². The second kappa shape index (κ2) is 7.90. The maximum absolute atomic E-state index is 13.2. The first-order valence-corrected chi connectivity index (χ1v) is 11.2. The van der Waals surface area contributed by atoms with Crippen molar-refractivity contribution in [2.45, 2.75) is 37.6 Å². The zero-order valence-electron chi connectivity index (χ0n) is 16.9. The Kier molecular flexibility index (Phi) is 5.40. The summed E-state index contributed by atoms with van der Waals surface area (Å²) < 4.78 is 51.0. The summed E-state index contributed by atoms with van der Waals surface area (Å²) in [5, 5.41) is 0.721. The molecule has 0 spiro atoms. The molecule has 1 aromatic heterocycles. The van der Waals surface area contributed by atoms with E-state index >= 15 is 0 Å². The number of halogens is 1. The van der Waals surface area contributed by atoms with Crippen molar-refractivity contribution in [1.29, 1.82) is 0 Å². The summed E-state index contributed by atoms with van der Waals surface area (Å²) in [5.41, 5.74) is 1.01. The third kappa shape index (κ3) is 3.86. The molecule has 4 rings (SSSR count). The van der Waals surface area contributed by atoms with E-state index in [4.69, 9.17) is 9.15 Å². The number of sulfonamides is 1. The van der Waals surface area contributed by atoms with Crippen molar-refractivity contribution in [2.24, 2.45) is 0 Å². The molecule has 2 aromatic carbocycles. The van der Waals surface area contributed by atoms with Gasteiger partial charge in [-0.15, -0.1) is 0 Å². The predicted molar refractivity (Wildman–Crippen MR) is 111 cm³/mol. The number of ether oxygens (including phenoxy) is 1. The van der Waals surface area contributed by atoms with E-state index in [0.29, 0.717) is 24.0 Å². The average Bonchev–Trinajstić information content (AvgIpc) is 3.22. The van der Waals surface area contributed by atoms with E-state index < -0.39 is 33.5 Å². The number of esters is 1. The maximum atomic E-state index is 13.2. The zero-order valence-corrected chi connectivity index (χ0v) is 17.7. The molecule has 3 aromatic rings. The highest BCUT2D eigenvalue weighted by atomic mass is 32.2. The fourth-order valence-corrected chi connectivity index (χ4v) is 5.44. The minimum absolute atomic E-state index is 0.0901. The third-order valence-electron chi connectivity index (χ3n) is 5.42. The molecule has 1 atom stereocenters. The van der Waals surface area contributed by atoms with Gasteiger partial charge in [-0.25, -0.2) is 22.4 Å². The second-order valence-electron chi connectivity index (χ2n) is 7.46. The third-order valence-corrected chi connectivity index (χ3v) is 7.35. The molecule has 0 bridgehead atoms. The molecule has 1 saturated heterocycles. The number of rotatable bonds is 4. The van der Waals surface area contributed by atoms with Crippen LogP contribution in [0.1, 0.15) is 24.0 Å². The summed E-state index contributed by atoms with van der Waals surface area (Å²) in [5.74, 6) is -1.08. The summed E-state index contributed by atoms with van der Waals surface area (Å²) in [6.45, 7) is 3.60. The van der Waals surface area contributed by atoms with E-state index in [9.17, 15) is 22.4 Å². The van der Waals surface area contributed by atoms with E-state index in [0.717, 1.165) is 27.4 Å². The zero-order chi connectivity index (χ0) is 22.3. The minimum Gasteiger partial charge on any atom is -0.425 e. The first-order chi connectivity index (χ1) is 14.7. The number of aryl methyl sites for hydroxylation is 2. The Hall–Kier alpha value is -3.04. The normalized spacial score (nSPS) is 17.2. The van der Waals surface area contributed by atoms with Crippen molar-refractivity contribution in [1.82, 2.24) is 4.31 Å². The second-order valence-corrected chi connectivity index (χ2v) is 9.35. The lowest BCUT2D eigenvalue weighted by atomic mass is 10.1. The van der Waals surface area contributed by atoms with Crippen molar-refractivity contribution >= 4 is 27.0 Å². The molecule has 1 aliphatic rings. The van der Waals surface area contributed by atoms with Crippen LogP contribution in [0, 0.1) is 19.7 Å². The van der Waals surface area contributed by atoms with Gasteiger partial charge in [-0.3, -0.25) is 0 Å². The van der Waals surface area contributed by atoms with E-state index in [2.05, 4.69) is 0 Å². The maximum Gasteiger partial charge on any atom is 0.336 e. The van der Waals surface area contributed by atoms with E-state index in [1.54, 1.807) is 26.0 Å². The molecular weight excluding hydrogens is 425 g/mol. The average molecular weight is 445 g/mol. The number of carbonyl (C=O) groups is 1. The monoisotopic (exact) mass is 445 g/mol. The summed E-state index contributed by atoms with van der Waals surface area (Å²) in [7, 11) is -3.99. The van der Waals surface area contributed by atoms with Crippen molar-refractivity contribution in [2.75, 3.05) is 6.54 Å². The minimum atomic E-state index is -3.99. The molecule has 7 nitrogen and oxygen atoms in total. The fourth-order valence-electron chi connectivity index (χ4n) is 3.79. The summed E-state index contributed by atoms with van der Waals surface area (Å²) >= 11 is 0. The first-order valence-electron chi connectivity index (χ1n) is 9.71. The Labute approximate surface area is 178 Å². The number of carbonyl (C=O) groups excluding carboxylic acids is 1. The van der Waals surface area contributed by atoms with Crippen LogP contribution in [0.2, 0.25) is 0 Å². The fraction of sp³-hybridized carbons (Fsp3) is 0.273. The Bertz CT molecular complexity index is 1330. The van der Waals surface area contributed by atoms with Crippen LogP contribution < -0.4 is 10.4 Å². The van der Waals surface area contributed by atoms with Crippen LogP contribution in [-0.2, 0) is 14.8 Å². The SMILES string of the molecule is Cc1cc(=O)oc2c(C)c(OC(=O)C3CCCN3S(=O)(=O)c3ccc(F)cc3)ccc12. The largest absolute Gasteiger partial charge is 0.425 e. The van der Waals surface area contributed by atoms with Crippen LogP contribution >= 0.6 is 0 Å². The highest BCUT2D eigenvalue weighted by molar-refractivity contribution is 7.89. The van der Waals surface area contributed by atoms with Crippen molar-refractivity contribution in [3.63, 3.8) is 0 Å². The van der Waals surface area contributed by atoms with Crippen LogP contribution in [0.4, 0.5) is 4.39 Å². The molecule has 2 heterocycles. The molecule has 1 unspecified atom stereocenters. The molecule has 0 amide bonds. The van der Waals surface area contributed by atoms with Crippen molar-refractivity contribution in [3.8, 4) is 5.75 Å². The van der Waals surface area contributed by atoms with Gasteiger partial charge in [-0.05, 0) is 68.7 Å². The van der Waals surface area contributed by atoms with Crippen LogP contribution in [0.15, 0.2) is 56.6 Å². The Balaban J connectivity index is 1.63. The molecule has 0 aliphatic carbocycles. The molecule has 0 radical (unpaired) electrons. The molecule has 162 valence electrons. The highest BCUT2D eigenvalue weighted by Crippen LogP contribution is 2.31. The summed E-state index contributed by atoms with van der Waals surface area (Å²) in [4.78, 5) is 24.5. The van der Waals surface area contributed by atoms with E-state index in [1.807, 2.05) is 0 Å². The molecule has 9 heteroatoms. The number of nitrogens with zero attached hydrogens (tertiary/aromatic N) is 1. The van der Waals surface area contributed by atoms with Gasteiger partial charge in [-0.1, -0.05) is 0 Å². The highest BCUT2D eigenvalue weighted by Gasteiger charge is 2.40. The van der Waals surface area contributed by atoms with Gasteiger partial charge in [0.25, 0.3) is 0 Å². The number of fused-ring (bicyclic) bond motifs is 1. The Morgan fingerprint density at radius 3 is 2.58 bits per heavy atom. The molecule has 0 N–H and O–H groups in total. The molecule has 1 aliphatic heterocycles. The number of hydrogen-bond donors (Lipinski definition) is 0. The van der Waals surface area contributed by atoms with Gasteiger partial charge in [0.1, 0.15) is 23.2 Å². The summed E-state index contributed by atoms with van der Waals surface area (Å²) in [6, 6.07) is 8.11. The van der Waals surface area contributed by atoms with Gasteiger partial charge in [-0.2, -0.15) is 4.31 Å².